The SMILES string of the molecule is COc1ccc(CC(=O)Nc2cc(C)nn2-c2ccc(C)cc2)cc1. The van der Waals surface area contributed by atoms with E-state index in [4.69, 9.17) is 4.74 Å². The summed E-state index contributed by atoms with van der Waals surface area (Å²) in [5.41, 5.74) is 3.87. The lowest BCUT2D eigenvalue weighted by Gasteiger charge is -2.09. The molecule has 0 atom stereocenters. The lowest BCUT2D eigenvalue weighted by atomic mass is 10.1. The molecule has 0 bridgehead atoms. The molecule has 1 heterocycles. The minimum Gasteiger partial charge on any atom is -0.497 e. The van der Waals surface area contributed by atoms with E-state index in [2.05, 4.69) is 10.4 Å². The fourth-order valence-corrected chi connectivity index (χ4v) is 2.59. The maximum Gasteiger partial charge on any atom is 0.229 e. The van der Waals surface area contributed by atoms with Gasteiger partial charge in [0, 0.05) is 6.07 Å². The van der Waals surface area contributed by atoms with Crippen LogP contribution in [0.5, 0.6) is 5.75 Å². The molecule has 0 saturated heterocycles. The molecule has 1 aromatic heterocycles. The van der Waals surface area contributed by atoms with Crippen LogP contribution in [0.4, 0.5) is 5.82 Å². The number of nitrogens with zero attached hydrogens (tertiary/aromatic N) is 2. The van der Waals surface area contributed by atoms with Gasteiger partial charge in [-0.1, -0.05) is 29.8 Å². The number of aromatic nitrogens is 2. The lowest BCUT2D eigenvalue weighted by Crippen LogP contribution is -2.17. The van der Waals surface area contributed by atoms with Crippen LogP contribution in [0.25, 0.3) is 5.69 Å². The van der Waals surface area contributed by atoms with Gasteiger partial charge in [-0.3, -0.25) is 4.79 Å². The summed E-state index contributed by atoms with van der Waals surface area (Å²) >= 11 is 0. The van der Waals surface area contributed by atoms with E-state index in [0.29, 0.717) is 12.2 Å². The van der Waals surface area contributed by atoms with E-state index in [1.165, 1.54) is 5.56 Å². The number of carbonyl (C=O) groups excluding carboxylic acids is 1. The first-order chi connectivity index (χ1) is 12.0. The van der Waals surface area contributed by atoms with Crippen molar-refractivity contribution < 1.29 is 9.53 Å². The summed E-state index contributed by atoms with van der Waals surface area (Å²) in [6.07, 6.45) is 0.294. The van der Waals surface area contributed by atoms with Crippen molar-refractivity contribution in [1.29, 1.82) is 0 Å². The first kappa shape index (κ1) is 16.8. The van der Waals surface area contributed by atoms with Crippen LogP contribution in [0.1, 0.15) is 16.8 Å². The van der Waals surface area contributed by atoms with E-state index < -0.39 is 0 Å². The molecular formula is C20H21N3O2. The topological polar surface area (TPSA) is 56.1 Å². The third kappa shape index (κ3) is 4.07. The van der Waals surface area contributed by atoms with Crippen LogP contribution < -0.4 is 10.1 Å². The summed E-state index contributed by atoms with van der Waals surface area (Å²) in [5.74, 6) is 1.36. The Kier molecular flexibility index (Phi) is 4.84. The van der Waals surface area contributed by atoms with Gasteiger partial charge in [0.05, 0.1) is 24.9 Å². The normalized spacial score (nSPS) is 10.5. The molecule has 0 saturated carbocycles. The van der Waals surface area contributed by atoms with E-state index in [0.717, 1.165) is 22.7 Å². The Morgan fingerprint density at radius 3 is 2.40 bits per heavy atom. The highest BCUT2D eigenvalue weighted by molar-refractivity contribution is 5.91. The van der Waals surface area contributed by atoms with Crippen molar-refractivity contribution in [3.05, 3.63) is 71.4 Å². The second-order valence-corrected chi connectivity index (χ2v) is 5.99. The number of aryl methyl sites for hydroxylation is 2. The van der Waals surface area contributed by atoms with Gasteiger partial charge in [-0.2, -0.15) is 5.10 Å². The largest absolute Gasteiger partial charge is 0.497 e. The van der Waals surface area contributed by atoms with Crippen molar-refractivity contribution in [2.24, 2.45) is 0 Å². The van der Waals surface area contributed by atoms with Crippen molar-refractivity contribution in [3.63, 3.8) is 0 Å². The number of methoxy groups -OCH3 is 1. The fourth-order valence-electron chi connectivity index (χ4n) is 2.59. The first-order valence-electron chi connectivity index (χ1n) is 8.11. The minimum atomic E-state index is -0.0848. The van der Waals surface area contributed by atoms with Gasteiger partial charge in [-0.25, -0.2) is 4.68 Å². The number of nitrogens with one attached hydrogen (secondary N) is 1. The molecule has 0 aliphatic carbocycles. The average molecular weight is 335 g/mol. The van der Waals surface area contributed by atoms with Gasteiger partial charge >= 0.3 is 0 Å². The molecule has 0 aliphatic rings. The molecule has 1 N–H and O–H groups in total. The van der Waals surface area contributed by atoms with Crippen molar-refractivity contribution in [3.8, 4) is 11.4 Å². The molecule has 3 rings (SSSR count). The lowest BCUT2D eigenvalue weighted by molar-refractivity contribution is -0.115. The van der Waals surface area contributed by atoms with Crippen molar-refractivity contribution in [2.45, 2.75) is 20.3 Å². The molecule has 5 heteroatoms. The maximum atomic E-state index is 12.4. The summed E-state index contributed by atoms with van der Waals surface area (Å²) in [4.78, 5) is 12.4. The number of amides is 1. The van der Waals surface area contributed by atoms with Crippen LogP contribution in [0.3, 0.4) is 0 Å². The van der Waals surface area contributed by atoms with Crippen LogP contribution in [0, 0.1) is 13.8 Å². The highest BCUT2D eigenvalue weighted by atomic mass is 16.5. The Balaban J connectivity index is 1.75. The molecule has 0 spiro atoms. The average Bonchev–Trinajstić information content (AvgIpc) is 2.96. The summed E-state index contributed by atoms with van der Waals surface area (Å²) in [5, 5.41) is 7.43. The van der Waals surface area contributed by atoms with E-state index in [9.17, 15) is 4.79 Å². The Hall–Kier alpha value is -3.08. The highest BCUT2D eigenvalue weighted by Crippen LogP contribution is 2.18. The first-order valence-corrected chi connectivity index (χ1v) is 8.11. The molecular weight excluding hydrogens is 314 g/mol. The molecule has 0 radical (unpaired) electrons. The number of hydrogen-bond acceptors (Lipinski definition) is 3. The van der Waals surface area contributed by atoms with Crippen LogP contribution >= 0.6 is 0 Å². The van der Waals surface area contributed by atoms with Gasteiger partial charge in [-0.05, 0) is 43.7 Å². The number of hydrogen-bond donors (Lipinski definition) is 1. The second kappa shape index (κ2) is 7.21. The third-order valence-corrected chi connectivity index (χ3v) is 3.90. The Morgan fingerprint density at radius 2 is 1.76 bits per heavy atom. The highest BCUT2D eigenvalue weighted by Gasteiger charge is 2.11. The summed E-state index contributed by atoms with van der Waals surface area (Å²) in [7, 11) is 1.62. The molecule has 1 amide bonds. The van der Waals surface area contributed by atoms with Crippen LogP contribution in [-0.2, 0) is 11.2 Å². The molecule has 5 nitrogen and oxygen atoms in total. The van der Waals surface area contributed by atoms with Crippen molar-refractivity contribution in [1.82, 2.24) is 9.78 Å². The standard InChI is InChI=1S/C20H21N3O2/c1-14-4-8-17(9-5-14)23-19(12-15(2)22-23)21-20(24)13-16-6-10-18(25-3)11-7-16/h4-12H,13H2,1-3H3,(H,21,24). The van der Waals surface area contributed by atoms with E-state index >= 15 is 0 Å². The quantitative estimate of drug-likeness (QED) is 0.774. The molecule has 128 valence electrons. The number of ether oxygens (including phenoxy) is 1. The van der Waals surface area contributed by atoms with Gasteiger partial charge in [0.2, 0.25) is 5.91 Å². The Morgan fingerprint density at radius 1 is 1.08 bits per heavy atom. The van der Waals surface area contributed by atoms with Gasteiger partial charge in [0.1, 0.15) is 11.6 Å². The summed E-state index contributed by atoms with van der Waals surface area (Å²) in [6, 6.07) is 17.4. The fraction of sp³-hybridized carbons (Fsp3) is 0.200. The molecule has 0 unspecified atom stereocenters. The summed E-state index contributed by atoms with van der Waals surface area (Å²) < 4.78 is 6.88. The minimum absolute atomic E-state index is 0.0848. The maximum absolute atomic E-state index is 12.4. The van der Waals surface area contributed by atoms with Crippen LogP contribution in [-0.4, -0.2) is 22.8 Å². The number of anilines is 1. The van der Waals surface area contributed by atoms with Crippen LogP contribution in [0.2, 0.25) is 0 Å². The molecule has 3 aromatic rings. The van der Waals surface area contributed by atoms with Crippen molar-refractivity contribution >= 4 is 11.7 Å². The zero-order valence-corrected chi connectivity index (χ0v) is 14.6. The predicted molar refractivity (Wildman–Crippen MR) is 98.4 cm³/mol. The molecule has 0 fully saturated rings. The zero-order chi connectivity index (χ0) is 17.8. The van der Waals surface area contributed by atoms with Crippen molar-refractivity contribution in [2.75, 3.05) is 12.4 Å². The second-order valence-electron chi connectivity index (χ2n) is 5.99. The van der Waals surface area contributed by atoms with E-state index in [-0.39, 0.29) is 5.91 Å². The number of benzene rings is 2. The van der Waals surface area contributed by atoms with Gasteiger partial charge in [0.25, 0.3) is 0 Å². The van der Waals surface area contributed by atoms with E-state index in [1.807, 2.05) is 68.4 Å². The zero-order valence-electron chi connectivity index (χ0n) is 14.6. The number of carbonyl (C=O) groups is 1. The Bertz CT molecular complexity index is 865. The predicted octanol–water partition coefficient (Wildman–Crippen LogP) is 3.68. The third-order valence-electron chi connectivity index (χ3n) is 3.90. The van der Waals surface area contributed by atoms with Crippen LogP contribution in [0.15, 0.2) is 54.6 Å². The molecule has 0 aliphatic heterocycles. The van der Waals surface area contributed by atoms with Gasteiger partial charge < -0.3 is 10.1 Å². The Labute approximate surface area is 147 Å². The van der Waals surface area contributed by atoms with Gasteiger partial charge in [0.15, 0.2) is 0 Å². The molecule has 2 aromatic carbocycles. The monoisotopic (exact) mass is 335 g/mol. The number of rotatable bonds is 5. The summed E-state index contributed by atoms with van der Waals surface area (Å²) in [6.45, 7) is 3.94. The van der Waals surface area contributed by atoms with E-state index in [1.54, 1.807) is 11.8 Å². The smallest absolute Gasteiger partial charge is 0.229 e. The molecule has 25 heavy (non-hydrogen) atoms. The van der Waals surface area contributed by atoms with Gasteiger partial charge in [-0.15, -0.1) is 0 Å².